The molecule has 0 saturated heterocycles. The molecule has 2 unspecified atom stereocenters. The highest BCUT2D eigenvalue weighted by molar-refractivity contribution is 9.10. The van der Waals surface area contributed by atoms with E-state index in [-0.39, 0.29) is 11.7 Å². The van der Waals surface area contributed by atoms with Crippen LogP contribution >= 0.6 is 15.9 Å². The van der Waals surface area contributed by atoms with Crippen molar-refractivity contribution in [3.05, 3.63) is 34.1 Å². The highest BCUT2D eigenvalue weighted by atomic mass is 79.9. The molecule has 1 nitrogen and oxygen atoms in total. The summed E-state index contributed by atoms with van der Waals surface area (Å²) in [6.45, 7) is 2.04. The van der Waals surface area contributed by atoms with E-state index in [2.05, 4.69) is 15.9 Å². The fourth-order valence-corrected chi connectivity index (χ4v) is 2.42. The Balaban J connectivity index is 2.34. The zero-order valence-electron chi connectivity index (χ0n) is 7.93. The van der Waals surface area contributed by atoms with Gasteiger partial charge in [0.1, 0.15) is 5.82 Å². The van der Waals surface area contributed by atoms with Crippen molar-refractivity contribution in [3.63, 3.8) is 0 Å². The molecule has 14 heavy (non-hydrogen) atoms. The minimum absolute atomic E-state index is 0.288. The predicted molar refractivity (Wildman–Crippen MR) is 56.4 cm³/mol. The Hall–Kier alpha value is -0.410. The van der Waals surface area contributed by atoms with Crippen LogP contribution in [0.25, 0.3) is 0 Å². The Labute approximate surface area is 91.1 Å². The molecule has 1 aromatic rings. The minimum atomic E-state index is -0.778. The Kier molecular flexibility index (Phi) is 2.40. The molecule has 1 aliphatic rings. The normalized spacial score (nSPS) is 30.4. The van der Waals surface area contributed by atoms with Crippen molar-refractivity contribution in [2.75, 3.05) is 0 Å². The summed E-state index contributed by atoms with van der Waals surface area (Å²) in [5.74, 6) is -0.0132. The zero-order chi connectivity index (χ0) is 10.3. The lowest BCUT2D eigenvalue weighted by molar-refractivity contribution is 0.130. The van der Waals surface area contributed by atoms with E-state index in [4.69, 9.17) is 0 Å². The molecule has 1 fully saturated rings. The van der Waals surface area contributed by atoms with Crippen LogP contribution in [0.15, 0.2) is 22.7 Å². The summed E-state index contributed by atoms with van der Waals surface area (Å²) in [5.41, 5.74) is -0.0875. The lowest BCUT2D eigenvalue weighted by Gasteiger charge is -2.10. The van der Waals surface area contributed by atoms with Gasteiger partial charge in [-0.1, -0.05) is 29.3 Å². The largest absolute Gasteiger partial charge is 0.385 e. The summed E-state index contributed by atoms with van der Waals surface area (Å²) in [5, 5.41) is 10.1. The number of hydrogen-bond acceptors (Lipinski definition) is 1. The fraction of sp³-hybridized carbons (Fsp3) is 0.455. The molecular weight excluding hydrogens is 247 g/mol. The Morgan fingerprint density at radius 1 is 1.57 bits per heavy atom. The summed E-state index contributed by atoms with van der Waals surface area (Å²) in [7, 11) is 0. The van der Waals surface area contributed by atoms with Crippen molar-refractivity contribution < 1.29 is 9.50 Å². The van der Waals surface area contributed by atoms with Gasteiger partial charge in [0, 0.05) is 4.47 Å². The van der Waals surface area contributed by atoms with Crippen LogP contribution in [-0.2, 0) is 5.60 Å². The highest BCUT2D eigenvalue weighted by Gasteiger charge is 2.52. The van der Waals surface area contributed by atoms with Crippen LogP contribution in [0, 0.1) is 11.7 Å². The molecule has 76 valence electrons. The predicted octanol–water partition coefficient (Wildman–Crippen LogP) is 3.21. The second-order valence-corrected chi connectivity index (χ2v) is 4.81. The van der Waals surface area contributed by atoms with Crippen LogP contribution in [0.3, 0.4) is 0 Å². The Morgan fingerprint density at radius 3 is 2.79 bits per heavy atom. The highest BCUT2D eigenvalue weighted by Crippen LogP contribution is 2.54. The third kappa shape index (κ3) is 1.59. The van der Waals surface area contributed by atoms with Gasteiger partial charge in [-0.15, -0.1) is 0 Å². The van der Waals surface area contributed by atoms with E-state index in [0.717, 1.165) is 12.8 Å². The van der Waals surface area contributed by atoms with E-state index in [1.807, 2.05) is 6.92 Å². The Bertz CT molecular complexity index is 346. The van der Waals surface area contributed by atoms with Gasteiger partial charge in [0.2, 0.25) is 0 Å². The van der Waals surface area contributed by atoms with Gasteiger partial charge in [-0.2, -0.15) is 0 Å². The SMILES string of the molecule is CCC1CC1(O)c1cc(F)cc(Br)c1. The molecule has 0 aliphatic heterocycles. The van der Waals surface area contributed by atoms with Crippen molar-refractivity contribution in [3.8, 4) is 0 Å². The lowest BCUT2D eigenvalue weighted by atomic mass is 10.0. The van der Waals surface area contributed by atoms with Crippen molar-refractivity contribution >= 4 is 15.9 Å². The van der Waals surface area contributed by atoms with E-state index in [1.165, 1.54) is 12.1 Å². The molecule has 0 spiro atoms. The van der Waals surface area contributed by atoms with Gasteiger partial charge in [0.15, 0.2) is 0 Å². The first-order valence-electron chi connectivity index (χ1n) is 4.75. The number of rotatable bonds is 2. The van der Waals surface area contributed by atoms with Gasteiger partial charge in [0.05, 0.1) is 5.60 Å². The van der Waals surface area contributed by atoms with Crippen LogP contribution in [0.5, 0.6) is 0 Å². The van der Waals surface area contributed by atoms with Gasteiger partial charge in [-0.05, 0) is 36.1 Å². The number of halogens is 2. The molecule has 2 atom stereocenters. The average Bonchev–Trinajstić information content (AvgIpc) is 2.77. The van der Waals surface area contributed by atoms with Crippen molar-refractivity contribution in [2.45, 2.75) is 25.4 Å². The Morgan fingerprint density at radius 2 is 2.29 bits per heavy atom. The third-order valence-electron chi connectivity index (χ3n) is 2.93. The maximum absolute atomic E-state index is 13.1. The molecule has 0 amide bonds. The number of aliphatic hydroxyl groups is 1. The molecular formula is C11H12BrFO. The maximum Gasteiger partial charge on any atom is 0.124 e. The van der Waals surface area contributed by atoms with E-state index >= 15 is 0 Å². The van der Waals surface area contributed by atoms with E-state index in [0.29, 0.717) is 10.0 Å². The van der Waals surface area contributed by atoms with Crippen molar-refractivity contribution in [2.24, 2.45) is 5.92 Å². The number of benzene rings is 1. The summed E-state index contributed by atoms with van der Waals surface area (Å²) in [4.78, 5) is 0. The molecule has 1 saturated carbocycles. The summed E-state index contributed by atoms with van der Waals surface area (Å²) < 4.78 is 13.8. The van der Waals surface area contributed by atoms with Crippen LogP contribution in [0.4, 0.5) is 4.39 Å². The maximum atomic E-state index is 13.1. The summed E-state index contributed by atoms with van der Waals surface area (Å²) in [6, 6.07) is 4.61. The fourth-order valence-electron chi connectivity index (χ4n) is 1.96. The van der Waals surface area contributed by atoms with Crippen LogP contribution in [0.2, 0.25) is 0 Å². The molecule has 2 rings (SSSR count). The average molecular weight is 259 g/mol. The van der Waals surface area contributed by atoms with Crippen LogP contribution in [0.1, 0.15) is 25.3 Å². The van der Waals surface area contributed by atoms with Gasteiger partial charge in [0.25, 0.3) is 0 Å². The van der Waals surface area contributed by atoms with Gasteiger partial charge in [-0.25, -0.2) is 4.39 Å². The third-order valence-corrected chi connectivity index (χ3v) is 3.39. The van der Waals surface area contributed by atoms with E-state index in [1.54, 1.807) is 6.07 Å². The smallest absolute Gasteiger partial charge is 0.124 e. The molecule has 3 heteroatoms. The van der Waals surface area contributed by atoms with Gasteiger partial charge < -0.3 is 5.11 Å². The molecule has 1 N–H and O–H groups in total. The lowest BCUT2D eigenvalue weighted by Crippen LogP contribution is -2.08. The molecule has 0 aromatic heterocycles. The van der Waals surface area contributed by atoms with Gasteiger partial charge >= 0.3 is 0 Å². The summed E-state index contributed by atoms with van der Waals surface area (Å²) in [6.07, 6.45) is 1.68. The molecule has 0 heterocycles. The van der Waals surface area contributed by atoms with Crippen LogP contribution in [-0.4, -0.2) is 5.11 Å². The first-order valence-corrected chi connectivity index (χ1v) is 5.54. The topological polar surface area (TPSA) is 20.2 Å². The summed E-state index contributed by atoms with van der Waals surface area (Å²) >= 11 is 3.22. The quantitative estimate of drug-likeness (QED) is 0.864. The van der Waals surface area contributed by atoms with Crippen molar-refractivity contribution in [1.82, 2.24) is 0 Å². The first-order chi connectivity index (χ1) is 6.56. The second kappa shape index (κ2) is 3.31. The molecule has 1 aliphatic carbocycles. The monoisotopic (exact) mass is 258 g/mol. The minimum Gasteiger partial charge on any atom is -0.385 e. The first kappa shape index (κ1) is 10.1. The number of hydrogen-bond donors (Lipinski definition) is 1. The van der Waals surface area contributed by atoms with E-state index < -0.39 is 5.60 Å². The molecule has 0 bridgehead atoms. The van der Waals surface area contributed by atoms with Gasteiger partial charge in [-0.3, -0.25) is 0 Å². The molecule has 1 aromatic carbocycles. The van der Waals surface area contributed by atoms with Crippen LogP contribution < -0.4 is 0 Å². The van der Waals surface area contributed by atoms with Crippen molar-refractivity contribution in [1.29, 1.82) is 0 Å². The standard InChI is InChI=1S/C11H12BrFO/c1-2-7-6-11(7,14)8-3-9(12)5-10(13)4-8/h3-5,7,14H,2,6H2,1H3. The second-order valence-electron chi connectivity index (χ2n) is 3.89. The zero-order valence-corrected chi connectivity index (χ0v) is 9.51. The van der Waals surface area contributed by atoms with E-state index in [9.17, 15) is 9.50 Å². The molecule has 0 radical (unpaired) electrons.